The number of allylic oxidation sites excluding steroid dienone is 1. The quantitative estimate of drug-likeness (QED) is 0.638. The van der Waals surface area contributed by atoms with Gasteiger partial charge in [0.2, 0.25) is 0 Å². The predicted molar refractivity (Wildman–Crippen MR) is 68.1 cm³/mol. The highest BCUT2D eigenvalue weighted by atomic mass is 15.2. The van der Waals surface area contributed by atoms with Gasteiger partial charge < -0.3 is 0 Å². The van der Waals surface area contributed by atoms with Crippen LogP contribution < -0.4 is 0 Å². The molecule has 1 aliphatic heterocycles. The molecule has 0 saturated carbocycles. The van der Waals surface area contributed by atoms with E-state index in [0.717, 1.165) is 0 Å². The Hall–Kier alpha value is -0.300. The number of rotatable bonds is 3. The summed E-state index contributed by atoms with van der Waals surface area (Å²) < 4.78 is 0. The molecule has 0 atom stereocenters. The molecule has 0 aromatic carbocycles. The van der Waals surface area contributed by atoms with Crippen LogP contribution >= 0.6 is 0 Å². The van der Waals surface area contributed by atoms with E-state index in [0.29, 0.717) is 11.0 Å². The zero-order valence-corrected chi connectivity index (χ0v) is 11.0. The highest BCUT2D eigenvalue weighted by Crippen LogP contribution is 2.39. The van der Waals surface area contributed by atoms with Crippen molar-refractivity contribution in [3.8, 4) is 0 Å². The number of hydrogen-bond acceptors (Lipinski definition) is 1. The van der Waals surface area contributed by atoms with Crippen LogP contribution in [0.5, 0.6) is 0 Å². The van der Waals surface area contributed by atoms with E-state index in [-0.39, 0.29) is 0 Å². The van der Waals surface area contributed by atoms with Crippen LogP contribution in [0.2, 0.25) is 0 Å². The van der Waals surface area contributed by atoms with Gasteiger partial charge in [-0.2, -0.15) is 0 Å². The first-order valence-corrected chi connectivity index (χ1v) is 6.29. The number of piperidine rings is 1. The van der Waals surface area contributed by atoms with Crippen LogP contribution in [0.4, 0.5) is 0 Å². The summed E-state index contributed by atoms with van der Waals surface area (Å²) in [5.74, 6) is 0. The topological polar surface area (TPSA) is 3.24 Å². The largest absolute Gasteiger partial charge is 0.298 e. The summed E-state index contributed by atoms with van der Waals surface area (Å²) in [7, 11) is 0. The van der Waals surface area contributed by atoms with E-state index >= 15 is 0 Å². The van der Waals surface area contributed by atoms with Crippen molar-refractivity contribution < 1.29 is 0 Å². The minimum atomic E-state index is 0.341. The lowest BCUT2D eigenvalue weighted by Crippen LogP contribution is -2.48. The Morgan fingerprint density at radius 2 is 1.80 bits per heavy atom. The van der Waals surface area contributed by atoms with Gasteiger partial charge in [0.15, 0.2) is 0 Å². The van der Waals surface area contributed by atoms with Gasteiger partial charge in [0.25, 0.3) is 0 Å². The predicted octanol–water partition coefficient (Wildman–Crippen LogP) is 3.85. The summed E-state index contributed by atoms with van der Waals surface area (Å²) in [5.41, 5.74) is 0.900. The molecule has 1 heteroatoms. The summed E-state index contributed by atoms with van der Waals surface area (Å²) in [4.78, 5) is 2.62. The molecule has 1 rings (SSSR count). The highest BCUT2D eigenvalue weighted by molar-refractivity contribution is 4.92. The number of hydrogen-bond donors (Lipinski definition) is 0. The Bertz CT molecular complexity index is 204. The van der Waals surface area contributed by atoms with Gasteiger partial charge in [-0.05, 0) is 58.5 Å². The summed E-state index contributed by atoms with van der Waals surface area (Å²) in [6.45, 7) is 15.7. The van der Waals surface area contributed by atoms with Gasteiger partial charge in [0.05, 0.1) is 0 Å². The normalized spacial score (nSPS) is 22.7. The fraction of sp³-hybridized carbons (Fsp3) is 0.857. The molecular weight excluding hydrogens is 182 g/mol. The third kappa shape index (κ3) is 3.07. The van der Waals surface area contributed by atoms with Crippen molar-refractivity contribution in [2.45, 2.75) is 58.9 Å². The first kappa shape index (κ1) is 12.8. The average molecular weight is 209 g/mol. The fourth-order valence-electron chi connectivity index (χ4n) is 2.66. The maximum Gasteiger partial charge on any atom is 0.0125 e. The van der Waals surface area contributed by atoms with Crippen molar-refractivity contribution in [1.29, 1.82) is 0 Å². The van der Waals surface area contributed by atoms with Crippen molar-refractivity contribution in [3.63, 3.8) is 0 Å². The number of nitrogens with zero attached hydrogens (tertiary/aromatic N) is 1. The van der Waals surface area contributed by atoms with Gasteiger partial charge in [0.1, 0.15) is 0 Å². The maximum absolute atomic E-state index is 3.90. The van der Waals surface area contributed by atoms with Gasteiger partial charge in [-0.3, -0.25) is 4.90 Å². The molecule has 0 aliphatic carbocycles. The van der Waals surface area contributed by atoms with Gasteiger partial charge in [-0.15, -0.1) is 6.58 Å². The molecule has 0 spiro atoms. The summed E-state index contributed by atoms with van der Waals surface area (Å²) in [6.07, 6.45) is 7.29. The van der Waals surface area contributed by atoms with E-state index in [9.17, 15) is 0 Å². The van der Waals surface area contributed by atoms with Crippen molar-refractivity contribution >= 4 is 0 Å². The second-order valence-corrected chi connectivity index (χ2v) is 6.00. The standard InChI is InChI=1S/C14H27N/c1-6-8-14(7-2)9-11-15(12-10-14)13(3,4)5/h6H,1,7-12H2,2-5H3. The zero-order chi connectivity index (χ0) is 11.5. The van der Waals surface area contributed by atoms with Crippen LogP contribution in [0.3, 0.4) is 0 Å². The first-order chi connectivity index (χ1) is 6.93. The third-order valence-electron chi connectivity index (χ3n) is 4.10. The maximum atomic E-state index is 3.90. The molecule has 1 fully saturated rings. The third-order valence-corrected chi connectivity index (χ3v) is 4.10. The minimum Gasteiger partial charge on any atom is -0.298 e. The van der Waals surface area contributed by atoms with Crippen molar-refractivity contribution in [1.82, 2.24) is 4.90 Å². The lowest BCUT2D eigenvalue weighted by atomic mass is 9.73. The van der Waals surface area contributed by atoms with Crippen molar-refractivity contribution in [2.75, 3.05) is 13.1 Å². The second-order valence-electron chi connectivity index (χ2n) is 6.00. The van der Waals surface area contributed by atoms with Gasteiger partial charge >= 0.3 is 0 Å². The summed E-state index contributed by atoms with van der Waals surface area (Å²) in [5, 5.41) is 0. The molecule has 0 amide bonds. The van der Waals surface area contributed by atoms with Crippen LogP contribution in [0, 0.1) is 5.41 Å². The second kappa shape index (κ2) is 4.69. The monoisotopic (exact) mass is 209 g/mol. The summed E-state index contributed by atoms with van der Waals surface area (Å²) >= 11 is 0. The molecule has 0 radical (unpaired) electrons. The molecule has 0 N–H and O–H groups in total. The first-order valence-electron chi connectivity index (χ1n) is 6.29. The Labute approximate surface area is 95.5 Å². The SMILES string of the molecule is C=CCC1(CC)CCN(C(C)(C)C)CC1. The molecule has 15 heavy (non-hydrogen) atoms. The number of likely N-dealkylation sites (tertiary alicyclic amines) is 1. The van der Waals surface area contributed by atoms with Crippen LogP contribution in [-0.4, -0.2) is 23.5 Å². The van der Waals surface area contributed by atoms with E-state index in [1.165, 1.54) is 38.8 Å². The minimum absolute atomic E-state index is 0.341. The molecule has 88 valence electrons. The van der Waals surface area contributed by atoms with Crippen molar-refractivity contribution in [2.24, 2.45) is 5.41 Å². The lowest BCUT2D eigenvalue weighted by molar-refractivity contribution is 0.0415. The van der Waals surface area contributed by atoms with E-state index in [1.54, 1.807) is 0 Å². The average Bonchev–Trinajstić information content (AvgIpc) is 2.17. The Morgan fingerprint density at radius 1 is 1.27 bits per heavy atom. The van der Waals surface area contributed by atoms with E-state index < -0.39 is 0 Å². The van der Waals surface area contributed by atoms with Crippen molar-refractivity contribution in [3.05, 3.63) is 12.7 Å². The van der Waals surface area contributed by atoms with E-state index in [1.807, 2.05) is 0 Å². The fourth-order valence-corrected chi connectivity index (χ4v) is 2.66. The molecule has 0 aromatic heterocycles. The molecule has 0 bridgehead atoms. The van der Waals surface area contributed by atoms with Crippen LogP contribution in [0.15, 0.2) is 12.7 Å². The molecule has 0 aromatic rings. The molecule has 1 saturated heterocycles. The Morgan fingerprint density at radius 3 is 2.13 bits per heavy atom. The van der Waals surface area contributed by atoms with Crippen LogP contribution in [-0.2, 0) is 0 Å². The van der Waals surface area contributed by atoms with E-state index in [4.69, 9.17) is 0 Å². The highest BCUT2D eigenvalue weighted by Gasteiger charge is 2.34. The molecular formula is C14H27N. The zero-order valence-electron chi connectivity index (χ0n) is 11.0. The molecule has 0 unspecified atom stereocenters. The summed E-state index contributed by atoms with van der Waals surface area (Å²) in [6, 6.07) is 0. The van der Waals surface area contributed by atoms with Crippen LogP contribution in [0.25, 0.3) is 0 Å². The molecule has 1 nitrogen and oxygen atoms in total. The van der Waals surface area contributed by atoms with Crippen LogP contribution in [0.1, 0.15) is 53.4 Å². The molecule has 1 aliphatic rings. The Kier molecular flexibility index (Phi) is 3.99. The Balaban J connectivity index is 2.57. The van der Waals surface area contributed by atoms with Gasteiger partial charge in [-0.1, -0.05) is 19.4 Å². The van der Waals surface area contributed by atoms with Gasteiger partial charge in [0, 0.05) is 5.54 Å². The lowest BCUT2D eigenvalue weighted by Gasteiger charge is -2.46. The van der Waals surface area contributed by atoms with E-state index in [2.05, 4.69) is 45.2 Å². The molecule has 1 heterocycles. The van der Waals surface area contributed by atoms with Gasteiger partial charge in [-0.25, -0.2) is 0 Å². The smallest absolute Gasteiger partial charge is 0.0125 e.